The van der Waals surface area contributed by atoms with Crippen molar-refractivity contribution in [1.29, 1.82) is 0 Å². The lowest BCUT2D eigenvalue weighted by atomic mass is 9.96. The van der Waals surface area contributed by atoms with E-state index in [2.05, 4.69) is 22.8 Å². The van der Waals surface area contributed by atoms with Gasteiger partial charge in [0.05, 0.1) is 5.69 Å². The maximum Gasteiger partial charge on any atom is 0.256 e. The number of aliphatic hydroxyl groups is 1. The summed E-state index contributed by atoms with van der Waals surface area (Å²) in [7, 11) is 0. The van der Waals surface area contributed by atoms with Crippen LogP contribution in [0.3, 0.4) is 0 Å². The minimum atomic E-state index is -1.06. The molecule has 3 rings (SSSR count). The molecule has 0 unspecified atom stereocenters. The zero-order valence-corrected chi connectivity index (χ0v) is 14.4. The van der Waals surface area contributed by atoms with Gasteiger partial charge >= 0.3 is 0 Å². The number of likely N-dealkylation sites (tertiary alicyclic amines) is 1. The Labute approximate surface area is 142 Å². The summed E-state index contributed by atoms with van der Waals surface area (Å²) in [5.41, 5.74) is 2.89. The lowest BCUT2D eigenvalue weighted by molar-refractivity contribution is -0.142. The lowest BCUT2D eigenvalue weighted by Crippen LogP contribution is -2.41. The number of benzene rings is 1. The molecular formula is C19H25N3O2. The van der Waals surface area contributed by atoms with E-state index in [-0.39, 0.29) is 5.91 Å². The van der Waals surface area contributed by atoms with Crippen LogP contribution in [0, 0.1) is 19.8 Å². The molecule has 0 spiro atoms. The Hall–Kier alpha value is -2.14. The number of rotatable bonds is 4. The Balaban J connectivity index is 1.55. The van der Waals surface area contributed by atoms with Crippen molar-refractivity contribution >= 4 is 5.91 Å². The zero-order chi connectivity index (χ0) is 17.1. The molecule has 24 heavy (non-hydrogen) atoms. The number of amides is 1. The second-order valence-electron chi connectivity index (χ2n) is 6.69. The third-order valence-electron chi connectivity index (χ3n) is 4.81. The average molecular weight is 327 g/mol. The van der Waals surface area contributed by atoms with Crippen LogP contribution in [-0.4, -0.2) is 38.8 Å². The van der Waals surface area contributed by atoms with Crippen LogP contribution in [0.4, 0.5) is 0 Å². The molecule has 1 fully saturated rings. The molecule has 0 radical (unpaired) electrons. The molecule has 1 aromatic heterocycles. The highest BCUT2D eigenvalue weighted by Gasteiger charge is 2.28. The Morgan fingerprint density at radius 3 is 2.50 bits per heavy atom. The number of nitrogens with zero attached hydrogens (tertiary/aromatic N) is 3. The van der Waals surface area contributed by atoms with Gasteiger partial charge in [0.25, 0.3) is 5.91 Å². The predicted octanol–water partition coefficient (Wildman–Crippen LogP) is 2.47. The Kier molecular flexibility index (Phi) is 5.00. The third-order valence-corrected chi connectivity index (χ3v) is 4.81. The van der Waals surface area contributed by atoms with E-state index in [1.807, 2.05) is 25.1 Å². The van der Waals surface area contributed by atoms with E-state index < -0.39 is 6.10 Å². The van der Waals surface area contributed by atoms with Gasteiger partial charge in [0.2, 0.25) is 0 Å². The van der Waals surface area contributed by atoms with Crippen LogP contribution in [0.1, 0.15) is 35.9 Å². The van der Waals surface area contributed by atoms with Crippen molar-refractivity contribution in [1.82, 2.24) is 14.7 Å². The number of piperidine rings is 1. The van der Waals surface area contributed by atoms with E-state index >= 15 is 0 Å². The van der Waals surface area contributed by atoms with Crippen LogP contribution in [0.5, 0.6) is 0 Å². The maximum absolute atomic E-state index is 12.5. The van der Waals surface area contributed by atoms with Crippen LogP contribution in [0.2, 0.25) is 0 Å². The summed E-state index contributed by atoms with van der Waals surface area (Å²) in [6, 6.07) is 11.2. The van der Waals surface area contributed by atoms with Crippen molar-refractivity contribution in [2.24, 2.45) is 5.92 Å². The summed E-state index contributed by atoms with van der Waals surface area (Å²) in [6.45, 7) is 6.40. The Morgan fingerprint density at radius 1 is 1.25 bits per heavy atom. The molecule has 1 N–H and O–H groups in total. The van der Waals surface area contributed by atoms with Crippen molar-refractivity contribution in [3.63, 3.8) is 0 Å². The number of carbonyl (C=O) groups is 1. The Bertz CT molecular complexity index is 688. The van der Waals surface area contributed by atoms with Crippen LogP contribution < -0.4 is 0 Å². The third kappa shape index (κ3) is 3.67. The molecule has 1 amide bonds. The molecule has 1 aromatic carbocycles. The van der Waals surface area contributed by atoms with Crippen molar-refractivity contribution in [2.45, 2.75) is 39.3 Å². The highest BCUT2D eigenvalue weighted by Crippen LogP contribution is 2.23. The summed E-state index contributed by atoms with van der Waals surface area (Å²) < 4.78 is 2.07. The topological polar surface area (TPSA) is 58.4 Å². The summed E-state index contributed by atoms with van der Waals surface area (Å²) in [6.07, 6.45) is 0.843. The normalized spacial score (nSPS) is 17.0. The van der Waals surface area contributed by atoms with Gasteiger partial charge in [0.15, 0.2) is 6.10 Å². The molecule has 5 heteroatoms. The van der Waals surface area contributed by atoms with Crippen LogP contribution >= 0.6 is 0 Å². The van der Waals surface area contributed by atoms with E-state index in [1.54, 1.807) is 17.0 Å². The number of aryl methyl sites for hydroxylation is 2. The van der Waals surface area contributed by atoms with Gasteiger partial charge < -0.3 is 10.0 Å². The number of carbonyl (C=O) groups excluding carboxylic acids is 1. The number of hydrogen-bond donors (Lipinski definition) is 1. The maximum atomic E-state index is 12.5. The average Bonchev–Trinajstić information content (AvgIpc) is 2.92. The monoisotopic (exact) mass is 327 g/mol. The largest absolute Gasteiger partial charge is 0.378 e. The highest BCUT2D eigenvalue weighted by atomic mass is 16.3. The molecule has 5 nitrogen and oxygen atoms in total. The van der Waals surface area contributed by atoms with E-state index in [0.29, 0.717) is 24.6 Å². The second kappa shape index (κ2) is 7.18. The summed E-state index contributed by atoms with van der Waals surface area (Å²) in [5, 5.41) is 14.8. The van der Waals surface area contributed by atoms with Gasteiger partial charge in [0.1, 0.15) is 0 Å². The molecule has 2 aromatic rings. The number of aliphatic hydroxyl groups excluding tert-OH is 1. The number of hydrogen-bond acceptors (Lipinski definition) is 3. The first-order chi connectivity index (χ1) is 11.5. The fraction of sp³-hybridized carbons (Fsp3) is 0.474. The summed E-state index contributed by atoms with van der Waals surface area (Å²) in [5.74, 6) is 0.340. The molecule has 1 aliphatic rings. The first-order valence-electron chi connectivity index (χ1n) is 8.57. The summed E-state index contributed by atoms with van der Waals surface area (Å²) in [4.78, 5) is 14.3. The van der Waals surface area contributed by atoms with Gasteiger partial charge in [-0.3, -0.25) is 9.48 Å². The van der Waals surface area contributed by atoms with Crippen LogP contribution in [-0.2, 0) is 11.3 Å². The summed E-state index contributed by atoms with van der Waals surface area (Å²) >= 11 is 0. The molecule has 2 heterocycles. The smallest absolute Gasteiger partial charge is 0.256 e. The van der Waals surface area contributed by atoms with Gasteiger partial charge in [-0.05, 0) is 44.2 Å². The second-order valence-corrected chi connectivity index (χ2v) is 6.69. The quantitative estimate of drug-likeness (QED) is 0.938. The molecule has 0 bridgehead atoms. The molecule has 128 valence electrons. The standard InChI is InChI=1S/C19H25N3O2/c1-14-12-15(2)22(20-14)13-16-8-10-21(11-9-16)19(24)18(23)17-6-4-3-5-7-17/h3-7,12,16,18,23H,8-11,13H2,1-2H3/t18-/m0/s1. The lowest BCUT2D eigenvalue weighted by Gasteiger charge is -2.33. The van der Waals surface area contributed by atoms with Crippen molar-refractivity contribution in [3.8, 4) is 0 Å². The molecule has 1 aliphatic heterocycles. The van der Waals surface area contributed by atoms with E-state index in [9.17, 15) is 9.90 Å². The molecule has 0 saturated carbocycles. The molecule has 1 saturated heterocycles. The van der Waals surface area contributed by atoms with Gasteiger partial charge in [-0.25, -0.2) is 0 Å². The van der Waals surface area contributed by atoms with E-state index in [1.165, 1.54) is 5.69 Å². The first-order valence-corrected chi connectivity index (χ1v) is 8.57. The van der Waals surface area contributed by atoms with Gasteiger partial charge in [-0.2, -0.15) is 5.10 Å². The first kappa shape index (κ1) is 16.7. The molecular weight excluding hydrogens is 302 g/mol. The van der Waals surface area contributed by atoms with Gasteiger partial charge in [-0.1, -0.05) is 30.3 Å². The predicted molar refractivity (Wildman–Crippen MR) is 92.4 cm³/mol. The van der Waals surface area contributed by atoms with Crippen molar-refractivity contribution < 1.29 is 9.90 Å². The van der Waals surface area contributed by atoms with Crippen molar-refractivity contribution in [2.75, 3.05) is 13.1 Å². The minimum absolute atomic E-state index is 0.189. The minimum Gasteiger partial charge on any atom is -0.378 e. The van der Waals surface area contributed by atoms with Crippen LogP contribution in [0.25, 0.3) is 0 Å². The van der Waals surface area contributed by atoms with E-state index in [4.69, 9.17) is 0 Å². The Morgan fingerprint density at radius 2 is 1.92 bits per heavy atom. The van der Waals surface area contributed by atoms with Crippen LogP contribution in [0.15, 0.2) is 36.4 Å². The van der Waals surface area contributed by atoms with Crippen molar-refractivity contribution in [3.05, 3.63) is 53.3 Å². The highest BCUT2D eigenvalue weighted by molar-refractivity contribution is 5.82. The van der Waals surface area contributed by atoms with Gasteiger partial charge in [-0.15, -0.1) is 0 Å². The number of aromatic nitrogens is 2. The fourth-order valence-electron chi connectivity index (χ4n) is 3.39. The fourth-order valence-corrected chi connectivity index (χ4v) is 3.39. The SMILES string of the molecule is Cc1cc(C)n(CC2CCN(C(=O)[C@@H](O)c3ccccc3)CC2)n1. The van der Waals surface area contributed by atoms with E-state index in [0.717, 1.165) is 25.1 Å². The molecule has 0 aliphatic carbocycles. The molecule has 1 atom stereocenters. The zero-order valence-electron chi connectivity index (χ0n) is 14.4. The van der Waals surface area contributed by atoms with Gasteiger partial charge in [0, 0.05) is 25.3 Å².